The Morgan fingerprint density at radius 3 is 3.04 bits per heavy atom. The van der Waals surface area contributed by atoms with E-state index in [4.69, 9.17) is 10.5 Å². The summed E-state index contributed by atoms with van der Waals surface area (Å²) < 4.78 is 7.80. The summed E-state index contributed by atoms with van der Waals surface area (Å²) in [5.41, 5.74) is 7.16. The Morgan fingerprint density at radius 2 is 2.35 bits per heavy atom. The third-order valence-corrected chi connectivity index (χ3v) is 5.45. The Labute approximate surface area is 156 Å². The first kappa shape index (κ1) is 18.8. The van der Waals surface area contributed by atoms with Crippen molar-refractivity contribution in [2.45, 2.75) is 55.8 Å². The van der Waals surface area contributed by atoms with E-state index in [-0.39, 0.29) is 22.8 Å². The zero-order valence-electron chi connectivity index (χ0n) is 14.7. The van der Waals surface area contributed by atoms with Crippen LogP contribution in [0.15, 0.2) is 29.4 Å². The van der Waals surface area contributed by atoms with E-state index in [1.165, 1.54) is 17.8 Å². The van der Waals surface area contributed by atoms with Gasteiger partial charge in [0.15, 0.2) is 11.0 Å². The average Bonchev–Trinajstić information content (AvgIpc) is 3.30. The molecule has 2 unspecified atom stereocenters. The van der Waals surface area contributed by atoms with E-state index in [2.05, 4.69) is 10.2 Å². The third-order valence-electron chi connectivity index (χ3n) is 4.42. The summed E-state index contributed by atoms with van der Waals surface area (Å²) in [7, 11) is 0. The minimum Gasteiger partial charge on any atom is -0.376 e. The van der Waals surface area contributed by atoms with Crippen LogP contribution >= 0.6 is 11.8 Å². The Bertz CT molecular complexity index is 761. The van der Waals surface area contributed by atoms with Crippen LogP contribution in [0.3, 0.4) is 0 Å². The number of nitrogens with two attached hydrogens (primary N) is 1. The van der Waals surface area contributed by atoms with Gasteiger partial charge >= 0.3 is 0 Å². The lowest BCUT2D eigenvalue weighted by atomic mass is 10.2. The zero-order valence-corrected chi connectivity index (χ0v) is 15.5. The number of thioether (sulfide) groups is 1. The molecule has 1 saturated heterocycles. The summed E-state index contributed by atoms with van der Waals surface area (Å²) in [6.45, 7) is 3.50. The molecule has 1 fully saturated rings. The highest BCUT2D eigenvalue weighted by atomic mass is 32.2. The van der Waals surface area contributed by atoms with Gasteiger partial charge in [0, 0.05) is 24.5 Å². The van der Waals surface area contributed by atoms with Gasteiger partial charge in [-0.25, -0.2) is 0 Å². The lowest BCUT2D eigenvalue weighted by Gasteiger charge is -2.17. The molecule has 0 amide bonds. The molecule has 2 atom stereocenters. The van der Waals surface area contributed by atoms with Gasteiger partial charge in [-0.2, -0.15) is 0 Å². The third kappa shape index (κ3) is 4.40. The van der Waals surface area contributed by atoms with Crippen molar-refractivity contribution in [1.82, 2.24) is 14.8 Å². The average molecular weight is 377 g/mol. The number of benzene rings is 1. The van der Waals surface area contributed by atoms with Crippen molar-refractivity contribution in [1.29, 1.82) is 0 Å². The van der Waals surface area contributed by atoms with Crippen LogP contribution in [0.1, 0.15) is 43.6 Å². The van der Waals surface area contributed by atoms with Gasteiger partial charge in [-0.3, -0.25) is 10.1 Å². The maximum absolute atomic E-state index is 10.9. The van der Waals surface area contributed by atoms with Crippen LogP contribution in [0, 0.1) is 10.1 Å². The van der Waals surface area contributed by atoms with E-state index in [1.807, 2.05) is 17.6 Å². The first-order chi connectivity index (χ1) is 12.6. The van der Waals surface area contributed by atoms with Gasteiger partial charge < -0.3 is 15.0 Å². The zero-order chi connectivity index (χ0) is 18.5. The maximum Gasteiger partial charge on any atom is 0.269 e. The minimum atomic E-state index is -0.382. The topological polar surface area (TPSA) is 109 Å². The summed E-state index contributed by atoms with van der Waals surface area (Å²) in [5, 5.41) is 20.3. The SMILES string of the molecule is CCC(N)c1nnc(SCc2cccc([N+](=O)[O-])c2)n1CC1CCCO1. The molecule has 1 aromatic heterocycles. The minimum absolute atomic E-state index is 0.0950. The van der Waals surface area contributed by atoms with Crippen molar-refractivity contribution in [3.63, 3.8) is 0 Å². The molecule has 26 heavy (non-hydrogen) atoms. The summed E-state index contributed by atoms with van der Waals surface area (Å²) in [6, 6.07) is 6.48. The van der Waals surface area contributed by atoms with Crippen LogP contribution in [-0.4, -0.2) is 32.4 Å². The molecular formula is C17H23N5O3S. The van der Waals surface area contributed by atoms with Crippen molar-refractivity contribution in [3.8, 4) is 0 Å². The van der Waals surface area contributed by atoms with Gasteiger partial charge in [-0.15, -0.1) is 10.2 Å². The smallest absolute Gasteiger partial charge is 0.269 e. The Morgan fingerprint density at radius 1 is 1.50 bits per heavy atom. The van der Waals surface area contributed by atoms with Gasteiger partial charge in [0.25, 0.3) is 5.69 Å². The molecule has 1 aliphatic heterocycles. The molecule has 2 heterocycles. The lowest BCUT2D eigenvalue weighted by molar-refractivity contribution is -0.384. The van der Waals surface area contributed by atoms with Crippen LogP contribution in [0.4, 0.5) is 5.69 Å². The molecule has 8 nitrogen and oxygen atoms in total. The van der Waals surface area contributed by atoms with Gasteiger partial charge in [0.2, 0.25) is 0 Å². The second-order valence-corrected chi connectivity index (χ2v) is 7.26. The van der Waals surface area contributed by atoms with Crippen molar-refractivity contribution in [2.75, 3.05) is 6.61 Å². The number of nitro groups is 1. The number of non-ortho nitro benzene ring substituents is 1. The molecule has 0 saturated carbocycles. The molecule has 140 valence electrons. The fourth-order valence-electron chi connectivity index (χ4n) is 2.93. The van der Waals surface area contributed by atoms with Gasteiger partial charge in [-0.05, 0) is 24.8 Å². The van der Waals surface area contributed by atoms with Crippen LogP contribution in [0.25, 0.3) is 0 Å². The van der Waals surface area contributed by atoms with E-state index < -0.39 is 0 Å². The molecule has 1 aliphatic rings. The monoisotopic (exact) mass is 377 g/mol. The van der Waals surface area contributed by atoms with E-state index in [0.717, 1.165) is 42.4 Å². The van der Waals surface area contributed by atoms with Crippen molar-refractivity contribution in [2.24, 2.45) is 5.73 Å². The molecule has 1 aromatic carbocycles. The van der Waals surface area contributed by atoms with Gasteiger partial charge in [0.1, 0.15) is 0 Å². The summed E-state index contributed by atoms with van der Waals surface area (Å²) in [4.78, 5) is 10.5. The number of ether oxygens (including phenoxy) is 1. The van der Waals surface area contributed by atoms with Crippen molar-refractivity contribution < 1.29 is 9.66 Å². The summed E-state index contributed by atoms with van der Waals surface area (Å²) in [6.07, 6.45) is 3.02. The van der Waals surface area contributed by atoms with Crippen LogP contribution in [-0.2, 0) is 17.0 Å². The van der Waals surface area contributed by atoms with Crippen LogP contribution < -0.4 is 5.73 Å². The first-order valence-corrected chi connectivity index (χ1v) is 9.73. The number of nitrogens with zero attached hydrogens (tertiary/aromatic N) is 4. The van der Waals surface area contributed by atoms with Crippen molar-refractivity contribution >= 4 is 17.4 Å². The molecule has 0 aliphatic carbocycles. The highest BCUT2D eigenvalue weighted by molar-refractivity contribution is 7.98. The number of hydrogen-bond donors (Lipinski definition) is 1. The van der Waals surface area contributed by atoms with Crippen LogP contribution in [0.5, 0.6) is 0 Å². The highest BCUT2D eigenvalue weighted by Crippen LogP contribution is 2.27. The molecule has 2 N–H and O–H groups in total. The standard InChI is InChI=1S/C17H23N5O3S/c1-2-15(18)16-19-20-17(21(16)10-14-7-4-8-25-14)26-11-12-5-3-6-13(9-12)22(23)24/h3,5-6,9,14-15H,2,4,7-8,10-11,18H2,1H3. The molecule has 0 bridgehead atoms. The predicted molar refractivity (Wildman–Crippen MR) is 98.9 cm³/mol. The number of nitro benzene ring substituents is 1. The quantitative estimate of drug-likeness (QED) is 0.428. The molecule has 0 radical (unpaired) electrons. The first-order valence-electron chi connectivity index (χ1n) is 8.75. The second-order valence-electron chi connectivity index (χ2n) is 6.32. The van der Waals surface area contributed by atoms with Gasteiger partial charge in [0.05, 0.1) is 23.6 Å². The molecule has 3 rings (SSSR count). The maximum atomic E-state index is 10.9. The van der Waals surface area contributed by atoms with E-state index in [1.54, 1.807) is 12.1 Å². The normalized spacial score (nSPS) is 18.2. The Hall–Kier alpha value is -1.97. The summed E-state index contributed by atoms with van der Waals surface area (Å²) in [5.74, 6) is 1.34. The van der Waals surface area contributed by atoms with E-state index >= 15 is 0 Å². The number of rotatable bonds is 8. The van der Waals surface area contributed by atoms with Crippen LogP contribution in [0.2, 0.25) is 0 Å². The number of aromatic nitrogens is 3. The molecular weight excluding hydrogens is 354 g/mol. The highest BCUT2D eigenvalue weighted by Gasteiger charge is 2.23. The Balaban J connectivity index is 1.77. The fourth-order valence-corrected chi connectivity index (χ4v) is 3.83. The number of hydrogen-bond acceptors (Lipinski definition) is 7. The van der Waals surface area contributed by atoms with E-state index in [9.17, 15) is 10.1 Å². The summed E-state index contributed by atoms with van der Waals surface area (Å²) >= 11 is 1.51. The molecule has 2 aromatic rings. The van der Waals surface area contributed by atoms with Crippen molar-refractivity contribution in [3.05, 3.63) is 45.8 Å². The van der Waals surface area contributed by atoms with E-state index in [0.29, 0.717) is 12.3 Å². The predicted octanol–water partition coefficient (Wildman–Crippen LogP) is 3.07. The second kappa shape index (κ2) is 8.61. The molecule has 9 heteroatoms. The lowest BCUT2D eigenvalue weighted by Crippen LogP contribution is -2.22. The Kier molecular flexibility index (Phi) is 6.23. The fraction of sp³-hybridized carbons (Fsp3) is 0.529. The van der Waals surface area contributed by atoms with Gasteiger partial charge in [-0.1, -0.05) is 30.8 Å². The largest absolute Gasteiger partial charge is 0.376 e. The molecule has 0 spiro atoms.